The number of hydrogen-bond acceptors (Lipinski definition) is 6. The molecule has 0 saturated carbocycles. The van der Waals surface area contributed by atoms with E-state index in [1.165, 1.54) is 12.9 Å². The predicted molar refractivity (Wildman–Crippen MR) is 93.1 cm³/mol. The van der Waals surface area contributed by atoms with Crippen LogP contribution in [0.4, 0.5) is 17.3 Å². The van der Waals surface area contributed by atoms with E-state index in [0.717, 1.165) is 26.9 Å². The van der Waals surface area contributed by atoms with Crippen LogP contribution in [0.2, 0.25) is 0 Å². The Bertz CT molecular complexity index is 1190. The smallest absolute Gasteiger partial charge is 0.227 e. The molecular formula is C18H14N5O. The van der Waals surface area contributed by atoms with Gasteiger partial charge in [0.25, 0.3) is 0 Å². The van der Waals surface area contributed by atoms with Gasteiger partial charge in [0, 0.05) is 40.5 Å². The maximum Gasteiger partial charge on any atom is 0.227 e. The molecule has 1 aliphatic heterocycles. The number of aromatic nitrogens is 3. The van der Waals surface area contributed by atoms with Crippen LogP contribution in [0.25, 0.3) is 22.1 Å². The summed E-state index contributed by atoms with van der Waals surface area (Å²) in [6.07, 6.45) is 4.70. The van der Waals surface area contributed by atoms with Crippen molar-refractivity contribution >= 4 is 39.4 Å². The van der Waals surface area contributed by atoms with E-state index in [1.54, 1.807) is 17.3 Å². The number of anilines is 3. The Labute approximate surface area is 142 Å². The number of nitrogens with zero attached hydrogens (tertiary/aromatic N) is 5. The molecule has 0 bridgehead atoms. The number of hydrogen-bond donors (Lipinski definition) is 0. The maximum absolute atomic E-state index is 7.82. The molecule has 6 nitrogen and oxygen atoms in total. The molecule has 117 valence electrons. The first kappa shape index (κ1) is 10.6. The largest absolute Gasteiger partial charge is 0.435 e. The third-order valence-electron chi connectivity index (χ3n) is 4.18. The van der Waals surface area contributed by atoms with Gasteiger partial charge >= 0.3 is 0 Å². The van der Waals surface area contributed by atoms with Crippen LogP contribution in [0, 0.1) is 13.6 Å². The fourth-order valence-corrected chi connectivity index (χ4v) is 3.11. The fraction of sp³-hybridized carbons (Fsp3) is 0.111. The van der Waals surface area contributed by atoms with Gasteiger partial charge in [-0.15, -0.1) is 0 Å². The highest BCUT2D eigenvalue weighted by Gasteiger charge is 2.31. The topological polar surface area (TPSA) is 58.3 Å². The average molecular weight is 319 g/mol. The summed E-state index contributed by atoms with van der Waals surface area (Å²) < 4.78 is 29.5. The third kappa shape index (κ3) is 1.68. The summed E-state index contributed by atoms with van der Waals surface area (Å²) in [5.41, 5.74) is 2.80. The Morgan fingerprint density at radius 1 is 1.00 bits per heavy atom. The van der Waals surface area contributed by atoms with Gasteiger partial charge in [-0.3, -0.25) is 4.90 Å². The van der Waals surface area contributed by atoms with E-state index in [9.17, 15) is 0 Å². The van der Waals surface area contributed by atoms with Crippen molar-refractivity contribution in [2.45, 2.75) is 6.92 Å². The highest BCUT2D eigenvalue weighted by Crippen LogP contribution is 2.44. The molecule has 0 N–H and O–H groups in total. The van der Waals surface area contributed by atoms with Gasteiger partial charge in [0.05, 0.1) is 5.69 Å². The Morgan fingerprint density at radius 2 is 1.88 bits per heavy atom. The van der Waals surface area contributed by atoms with Gasteiger partial charge in [0.15, 0.2) is 17.2 Å². The normalized spacial score (nSPS) is 16.3. The molecule has 6 heteroatoms. The molecule has 0 fully saturated rings. The van der Waals surface area contributed by atoms with Crippen molar-refractivity contribution in [3.05, 3.63) is 55.1 Å². The van der Waals surface area contributed by atoms with Crippen molar-refractivity contribution in [3.63, 3.8) is 0 Å². The summed E-state index contributed by atoms with van der Waals surface area (Å²) in [5, 5.41) is 1.81. The van der Waals surface area contributed by atoms with E-state index in [1.807, 2.05) is 31.2 Å². The first-order valence-corrected chi connectivity index (χ1v) is 7.46. The predicted octanol–water partition coefficient (Wildman–Crippen LogP) is 3.79. The molecule has 1 aromatic carbocycles. The lowest BCUT2D eigenvalue weighted by Crippen LogP contribution is -2.18. The van der Waals surface area contributed by atoms with E-state index in [4.69, 9.17) is 8.53 Å². The van der Waals surface area contributed by atoms with E-state index >= 15 is 0 Å². The Kier molecular flexibility index (Phi) is 2.06. The van der Waals surface area contributed by atoms with Crippen LogP contribution in [0.5, 0.6) is 0 Å². The monoisotopic (exact) mass is 319 g/mol. The molecule has 3 aromatic heterocycles. The zero-order valence-corrected chi connectivity index (χ0v) is 12.8. The zero-order chi connectivity index (χ0) is 18.8. The van der Waals surface area contributed by atoms with Crippen LogP contribution in [-0.4, -0.2) is 21.9 Å². The van der Waals surface area contributed by atoms with Crippen LogP contribution < -0.4 is 9.80 Å². The lowest BCUT2D eigenvalue weighted by atomic mass is 10.1. The van der Waals surface area contributed by atoms with E-state index < -0.39 is 6.98 Å². The summed E-state index contributed by atoms with van der Waals surface area (Å²) in [5.74, 6) is 0.723. The molecule has 1 radical (unpaired) electrons. The van der Waals surface area contributed by atoms with Crippen molar-refractivity contribution in [2.75, 3.05) is 16.8 Å². The molecule has 4 aromatic rings. The zero-order valence-electron chi connectivity index (χ0n) is 15.8. The Hall–Kier alpha value is -3.15. The number of benzene rings is 1. The Balaban J connectivity index is 1.78. The van der Waals surface area contributed by atoms with Crippen LogP contribution >= 0.6 is 0 Å². The van der Waals surface area contributed by atoms with Crippen LogP contribution in [0.1, 0.15) is 9.68 Å². The second kappa shape index (κ2) is 4.67. The highest BCUT2D eigenvalue weighted by atomic mass is 16.3. The van der Waals surface area contributed by atoms with Crippen molar-refractivity contribution in [1.82, 2.24) is 15.0 Å². The molecule has 4 heterocycles. The molecule has 0 amide bonds. The first-order valence-electron chi connectivity index (χ1n) is 8.96. The van der Waals surface area contributed by atoms with E-state index in [-0.39, 0.29) is 5.82 Å². The number of rotatable bonds is 1. The first-order chi connectivity index (χ1) is 12.9. The maximum atomic E-state index is 7.82. The second-order valence-corrected chi connectivity index (χ2v) is 5.62. The van der Waals surface area contributed by atoms with Gasteiger partial charge in [-0.05, 0) is 24.6 Å². The van der Waals surface area contributed by atoms with Crippen molar-refractivity contribution < 1.29 is 8.53 Å². The minimum Gasteiger partial charge on any atom is -0.435 e. The van der Waals surface area contributed by atoms with Gasteiger partial charge in [-0.25, -0.2) is 15.0 Å². The van der Waals surface area contributed by atoms with Crippen molar-refractivity contribution in [3.8, 4) is 0 Å². The second-order valence-electron chi connectivity index (χ2n) is 5.62. The third-order valence-corrected chi connectivity index (χ3v) is 4.18. The lowest BCUT2D eigenvalue weighted by Gasteiger charge is -2.19. The number of fused-ring (bicyclic) bond motifs is 4. The quantitative estimate of drug-likeness (QED) is 0.532. The molecular weight excluding hydrogens is 302 g/mol. The van der Waals surface area contributed by atoms with Gasteiger partial charge in [-0.2, -0.15) is 0 Å². The molecule has 0 spiro atoms. The minimum absolute atomic E-state index is 0.281. The van der Waals surface area contributed by atoms with Crippen molar-refractivity contribution in [2.24, 2.45) is 0 Å². The van der Waals surface area contributed by atoms with Crippen LogP contribution in [0.3, 0.4) is 0 Å². The van der Waals surface area contributed by atoms with Gasteiger partial charge < -0.3 is 9.32 Å². The average Bonchev–Trinajstić information content (AvgIpc) is 3.20. The highest BCUT2D eigenvalue weighted by molar-refractivity contribution is 6.09. The fourth-order valence-electron chi connectivity index (χ4n) is 3.11. The lowest BCUT2D eigenvalue weighted by molar-refractivity contribution is 0.653. The number of furan rings is 1. The van der Waals surface area contributed by atoms with Crippen LogP contribution in [0.15, 0.2) is 47.3 Å². The minimum atomic E-state index is -2.38. The summed E-state index contributed by atoms with van der Waals surface area (Å²) >= 11 is 0. The van der Waals surface area contributed by atoms with Crippen molar-refractivity contribution in [1.29, 1.82) is 0 Å². The molecule has 1 aliphatic rings. The molecule has 24 heavy (non-hydrogen) atoms. The van der Waals surface area contributed by atoms with Crippen LogP contribution in [-0.2, 0) is 0 Å². The Morgan fingerprint density at radius 3 is 2.75 bits per heavy atom. The summed E-state index contributed by atoms with van der Waals surface area (Å²) in [6, 6.07) is 7.76. The summed E-state index contributed by atoms with van der Waals surface area (Å²) in [4.78, 5) is 15.7. The standard InChI is InChI=1S/C18H14N5O/c1-11-5-6-12-13-4-3-7-21-18(13)24-15(12)14(11)23-10-22(2)16-17(23)20-9-8-19-16/h3-10H,1-2H3/i2D3. The van der Waals surface area contributed by atoms with Gasteiger partial charge in [0.1, 0.15) is 6.67 Å². The molecule has 0 atom stereocenters. The number of aryl methyl sites for hydroxylation is 1. The molecule has 0 aliphatic carbocycles. The molecule has 0 unspecified atom stereocenters. The molecule has 5 rings (SSSR count). The number of pyridine rings is 1. The van der Waals surface area contributed by atoms with E-state index in [0.29, 0.717) is 17.1 Å². The molecule has 0 saturated heterocycles. The SMILES string of the molecule is [2H]C([2H])([2H])N1[CH]N(c2c(C)ccc3c2oc2ncccc23)c2nccnc21. The summed E-state index contributed by atoms with van der Waals surface area (Å²) in [6.45, 7) is 1.06. The van der Waals surface area contributed by atoms with Gasteiger partial charge in [-0.1, -0.05) is 12.1 Å². The summed E-state index contributed by atoms with van der Waals surface area (Å²) in [7, 11) is 0. The van der Waals surface area contributed by atoms with E-state index in [2.05, 4.69) is 15.0 Å². The van der Waals surface area contributed by atoms with Gasteiger partial charge in [0.2, 0.25) is 5.71 Å².